The summed E-state index contributed by atoms with van der Waals surface area (Å²) in [5.74, 6) is -0.890. The number of carbonyl (C=O) groups excluding carboxylic acids is 2. The van der Waals surface area contributed by atoms with Crippen LogP contribution in [0.25, 0.3) is 5.76 Å². The van der Waals surface area contributed by atoms with Crippen molar-refractivity contribution in [2.45, 2.75) is 12.6 Å². The number of amides is 1. The van der Waals surface area contributed by atoms with Crippen LogP contribution in [0.3, 0.4) is 0 Å². The van der Waals surface area contributed by atoms with E-state index < -0.39 is 17.7 Å². The average molecular weight is 465 g/mol. The lowest BCUT2D eigenvalue weighted by molar-refractivity contribution is -0.140. The summed E-state index contributed by atoms with van der Waals surface area (Å²) in [5, 5.41) is 11.6. The van der Waals surface area contributed by atoms with Gasteiger partial charge in [0, 0.05) is 24.5 Å². The first kappa shape index (κ1) is 22.4. The molecule has 2 aromatic carbocycles. The van der Waals surface area contributed by atoms with Crippen LogP contribution in [0.15, 0.2) is 72.6 Å². The maximum atomic E-state index is 13.2. The molecular weight excluding hydrogens is 444 g/mol. The number of carbonyl (C=O) groups is 2. The number of methoxy groups -OCH3 is 2. The summed E-state index contributed by atoms with van der Waals surface area (Å²) in [6, 6.07) is 14.4. The van der Waals surface area contributed by atoms with Crippen molar-refractivity contribution in [3.05, 3.63) is 94.3 Å². The number of likely N-dealkylation sites (tertiary alicyclic amines) is 1. The summed E-state index contributed by atoms with van der Waals surface area (Å²) in [5.41, 5.74) is 1.72. The first-order valence-electron chi connectivity index (χ1n) is 10.1. The fraction of sp³-hybridized carbons (Fsp3) is 0.160. The van der Waals surface area contributed by atoms with Crippen LogP contribution in [-0.4, -0.2) is 40.9 Å². The van der Waals surface area contributed by atoms with Gasteiger partial charge in [-0.05, 0) is 53.6 Å². The van der Waals surface area contributed by atoms with Gasteiger partial charge in [0.05, 0.1) is 30.9 Å². The van der Waals surface area contributed by atoms with Gasteiger partial charge in [0.2, 0.25) is 0 Å². The van der Waals surface area contributed by atoms with Crippen LogP contribution in [0.5, 0.6) is 11.5 Å². The number of pyridine rings is 1. The molecule has 0 radical (unpaired) electrons. The molecule has 7 nitrogen and oxygen atoms in total. The molecule has 0 spiro atoms. The summed E-state index contributed by atoms with van der Waals surface area (Å²) in [4.78, 5) is 31.7. The highest BCUT2D eigenvalue weighted by Crippen LogP contribution is 2.41. The number of halogens is 1. The molecule has 4 rings (SSSR count). The van der Waals surface area contributed by atoms with Gasteiger partial charge in [-0.25, -0.2) is 0 Å². The van der Waals surface area contributed by atoms with E-state index in [-0.39, 0.29) is 17.9 Å². The highest BCUT2D eigenvalue weighted by atomic mass is 35.5. The molecule has 3 aromatic rings. The molecular formula is C25H21ClN2O5. The van der Waals surface area contributed by atoms with E-state index in [0.717, 1.165) is 5.56 Å². The molecule has 168 valence electrons. The van der Waals surface area contributed by atoms with E-state index in [0.29, 0.717) is 27.6 Å². The second kappa shape index (κ2) is 9.34. The Bertz CT molecular complexity index is 1240. The number of hydrogen-bond acceptors (Lipinski definition) is 6. The molecule has 1 unspecified atom stereocenters. The summed E-state index contributed by atoms with van der Waals surface area (Å²) in [6.45, 7) is 0.162. The maximum absolute atomic E-state index is 13.2. The van der Waals surface area contributed by atoms with Crippen LogP contribution in [0, 0.1) is 0 Å². The van der Waals surface area contributed by atoms with Gasteiger partial charge in [0.15, 0.2) is 0 Å². The van der Waals surface area contributed by atoms with Crippen molar-refractivity contribution in [3.8, 4) is 11.5 Å². The number of aliphatic hydroxyl groups excluding tert-OH is 1. The number of nitrogens with zero attached hydrogens (tertiary/aromatic N) is 2. The third-order valence-corrected chi connectivity index (χ3v) is 5.79. The minimum absolute atomic E-state index is 0.0216. The predicted molar refractivity (Wildman–Crippen MR) is 123 cm³/mol. The predicted octanol–water partition coefficient (Wildman–Crippen LogP) is 4.37. The van der Waals surface area contributed by atoms with Crippen LogP contribution in [0.4, 0.5) is 0 Å². The molecule has 8 heteroatoms. The Morgan fingerprint density at radius 1 is 1.06 bits per heavy atom. The Labute approximate surface area is 195 Å². The molecule has 33 heavy (non-hydrogen) atoms. The summed E-state index contributed by atoms with van der Waals surface area (Å²) in [6.07, 6.45) is 3.24. The van der Waals surface area contributed by atoms with Crippen molar-refractivity contribution in [3.63, 3.8) is 0 Å². The lowest BCUT2D eigenvalue weighted by Gasteiger charge is -2.25. The molecule has 1 fully saturated rings. The largest absolute Gasteiger partial charge is 0.507 e. The molecule has 1 amide bonds. The highest BCUT2D eigenvalue weighted by Gasteiger charge is 2.46. The van der Waals surface area contributed by atoms with Crippen molar-refractivity contribution < 1.29 is 24.2 Å². The maximum Gasteiger partial charge on any atom is 0.295 e. The number of benzene rings is 2. The SMILES string of the molecule is COc1cccc(C2/C(=C(/O)c3ccc(Cl)c(OC)c3)C(=O)C(=O)N2Cc2ccncc2)c1. The van der Waals surface area contributed by atoms with E-state index in [1.54, 1.807) is 60.9 Å². The fourth-order valence-corrected chi connectivity index (χ4v) is 4.04. The van der Waals surface area contributed by atoms with Crippen molar-refractivity contribution in [2.24, 2.45) is 0 Å². The average Bonchev–Trinajstić information content (AvgIpc) is 3.09. The van der Waals surface area contributed by atoms with Crippen LogP contribution < -0.4 is 9.47 Å². The Morgan fingerprint density at radius 2 is 1.82 bits per heavy atom. The molecule has 1 aromatic heterocycles. The molecule has 1 aliphatic heterocycles. The van der Waals surface area contributed by atoms with Crippen molar-refractivity contribution in [2.75, 3.05) is 14.2 Å². The molecule has 1 saturated heterocycles. The Balaban J connectivity index is 1.89. The molecule has 1 aliphatic rings. The van der Waals surface area contributed by atoms with E-state index >= 15 is 0 Å². The van der Waals surface area contributed by atoms with E-state index in [4.69, 9.17) is 21.1 Å². The van der Waals surface area contributed by atoms with Crippen LogP contribution >= 0.6 is 11.6 Å². The summed E-state index contributed by atoms with van der Waals surface area (Å²) >= 11 is 6.11. The Morgan fingerprint density at radius 3 is 2.52 bits per heavy atom. The Hall–Kier alpha value is -3.84. The zero-order valence-electron chi connectivity index (χ0n) is 18.0. The van der Waals surface area contributed by atoms with E-state index in [2.05, 4.69) is 4.98 Å². The van der Waals surface area contributed by atoms with E-state index in [1.165, 1.54) is 25.2 Å². The smallest absolute Gasteiger partial charge is 0.295 e. The second-order valence-electron chi connectivity index (χ2n) is 7.41. The number of hydrogen-bond donors (Lipinski definition) is 1. The van der Waals surface area contributed by atoms with Gasteiger partial charge in [-0.1, -0.05) is 23.7 Å². The number of ether oxygens (including phenoxy) is 2. The summed E-state index contributed by atoms with van der Waals surface area (Å²) in [7, 11) is 2.99. The topological polar surface area (TPSA) is 89.0 Å². The first-order valence-corrected chi connectivity index (χ1v) is 10.5. The number of rotatable bonds is 6. The lowest BCUT2D eigenvalue weighted by atomic mass is 9.95. The number of aromatic nitrogens is 1. The Kier molecular flexibility index (Phi) is 6.33. The number of ketones is 1. The number of aliphatic hydroxyl groups is 1. The molecule has 1 atom stereocenters. The van der Waals surface area contributed by atoms with Crippen molar-refractivity contribution in [1.29, 1.82) is 0 Å². The quantitative estimate of drug-likeness (QED) is 0.331. The second-order valence-corrected chi connectivity index (χ2v) is 7.82. The molecule has 1 N–H and O–H groups in total. The van der Waals surface area contributed by atoms with Crippen LogP contribution in [0.2, 0.25) is 5.02 Å². The van der Waals surface area contributed by atoms with Crippen molar-refractivity contribution >= 4 is 29.1 Å². The zero-order valence-corrected chi connectivity index (χ0v) is 18.7. The molecule has 0 aliphatic carbocycles. The van der Waals surface area contributed by atoms with E-state index in [1.807, 2.05) is 0 Å². The first-order chi connectivity index (χ1) is 15.9. The fourth-order valence-electron chi connectivity index (χ4n) is 3.85. The summed E-state index contributed by atoms with van der Waals surface area (Å²) < 4.78 is 10.6. The van der Waals surface area contributed by atoms with Gasteiger partial charge < -0.3 is 19.5 Å². The number of Topliss-reactive ketones (excluding diaryl/α,β-unsaturated/α-hetero) is 1. The molecule has 0 saturated carbocycles. The zero-order chi connectivity index (χ0) is 23.5. The van der Waals surface area contributed by atoms with E-state index in [9.17, 15) is 14.7 Å². The normalized spacial score (nSPS) is 17.3. The standard InChI is InChI=1S/C25H21ClN2O5/c1-32-18-5-3-4-16(12-18)22-21(23(29)17-6-7-19(26)20(13-17)33-2)24(30)25(31)28(22)14-15-8-10-27-11-9-15/h3-13,22,29H,14H2,1-2H3/b23-21-. The minimum atomic E-state index is -0.824. The third-order valence-electron chi connectivity index (χ3n) is 5.48. The van der Waals surface area contributed by atoms with Crippen LogP contribution in [-0.2, 0) is 16.1 Å². The molecule has 0 bridgehead atoms. The lowest BCUT2D eigenvalue weighted by Crippen LogP contribution is -2.29. The van der Waals surface area contributed by atoms with Gasteiger partial charge in [-0.2, -0.15) is 0 Å². The molecule has 2 heterocycles. The van der Waals surface area contributed by atoms with Gasteiger partial charge in [0.1, 0.15) is 17.3 Å². The van der Waals surface area contributed by atoms with Crippen LogP contribution in [0.1, 0.15) is 22.7 Å². The van der Waals surface area contributed by atoms with Gasteiger partial charge in [-0.15, -0.1) is 0 Å². The monoisotopic (exact) mass is 464 g/mol. The third kappa shape index (κ3) is 4.27. The highest BCUT2D eigenvalue weighted by molar-refractivity contribution is 6.46. The van der Waals surface area contributed by atoms with Gasteiger partial charge >= 0.3 is 0 Å². The van der Waals surface area contributed by atoms with Crippen molar-refractivity contribution in [1.82, 2.24) is 9.88 Å². The minimum Gasteiger partial charge on any atom is -0.507 e. The van der Waals surface area contributed by atoms with Gasteiger partial charge in [-0.3, -0.25) is 14.6 Å². The van der Waals surface area contributed by atoms with Gasteiger partial charge in [0.25, 0.3) is 11.7 Å².